The van der Waals surface area contributed by atoms with Crippen molar-refractivity contribution >= 4 is 51.8 Å². The smallest absolute Gasteiger partial charge is 0.190 e. The van der Waals surface area contributed by atoms with Gasteiger partial charge in [-0.25, -0.2) is 9.98 Å². The van der Waals surface area contributed by atoms with Crippen LogP contribution in [0, 0.1) is 0 Å². The van der Waals surface area contributed by atoms with Crippen molar-refractivity contribution < 1.29 is 0 Å². The molecule has 0 unspecified atom stereocenters. The highest BCUT2D eigenvalue weighted by Crippen LogP contribution is 2.31. The van der Waals surface area contributed by atoms with Crippen LogP contribution in [0.15, 0.2) is 71.6 Å². The van der Waals surface area contributed by atoms with E-state index >= 15 is 0 Å². The number of para-hydroxylation sites is 1. The van der Waals surface area contributed by atoms with Gasteiger partial charge in [0.1, 0.15) is 0 Å². The topological polar surface area (TPSA) is 35.1 Å². The van der Waals surface area contributed by atoms with Crippen LogP contribution in [-0.2, 0) is 13.1 Å². The van der Waals surface area contributed by atoms with Gasteiger partial charge >= 0.3 is 0 Å². The summed E-state index contributed by atoms with van der Waals surface area (Å²) >= 11 is 20.6. The highest BCUT2D eigenvalue weighted by molar-refractivity contribution is 7.07. The van der Waals surface area contributed by atoms with Gasteiger partial charge in [-0.3, -0.25) is 0 Å². The normalized spacial score (nSPS) is 11.9. The second kappa shape index (κ2) is 9.18. The van der Waals surface area contributed by atoms with Gasteiger partial charge in [-0.05, 0) is 36.8 Å². The molecule has 0 aliphatic rings. The van der Waals surface area contributed by atoms with Crippen LogP contribution in [0.2, 0.25) is 15.1 Å². The Morgan fingerprint density at radius 1 is 1.00 bits per heavy atom. The molecule has 29 heavy (non-hydrogen) atoms. The molecule has 2 aromatic heterocycles. The second-order valence-corrected chi connectivity index (χ2v) is 8.48. The van der Waals surface area contributed by atoms with Gasteiger partial charge in [0.25, 0.3) is 0 Å². The van der Waals surface area contributed by atoms with Crippen LogP contribution < -0.4 is 4.80 Å². The monoisotopic (exact) mass is 462 g/mol. The Morgan fingerprint density at radius 2 is 1.86 bits per heavy atom. The van der Waals surface area contributed by atoms with Crippen molar-refractivity contribution in [3.63, 3.8) is 0 Å². The van der Waals surface area contributed by atoms with Gasteiger partial charge in [-0.2, -0.15) is 0 Å². The van der Waals surface area contributed by atoms with E-state index in [1.807, 2.05) is 48.9 Å². The van der Waals surface area contributed by atoms with E-state index in [0.29, 0.717) is 15.1 Å². The number of aryl methyl sites for hydroxylation is 1. The van der Waals surface area contributed by atoms with E-state index in [4.69, 9.17) is 39.8 Å². The predicted octanol–water partition coefficient (Wildman–Crippen LogP) is 6.70. The predicted molar refractivity (Wildman–Crippen MR) is 121 cm³/mol. The first-order chi connectivity index (χ1) is 14.1. The van der Waals surface area contributed by atoms with E-state index in [9.17, 15) is 0 Å². The number of imidazole rings is 1. The van der Waals surface area contributed by atoms with Crippen LogP contribution in [0.25, 0.3) is 11.3 Å². The molecule has 4 nitrogen and oxygen atoms in total. The van der Waals surface area contributed by atoms with Crippen molar-refractivity contribution in [2.24, 2.45) is 4.99 Å². The lowest BCUT2D eigenvalue weighted by Crippen LogP contribution is -2.17. The van der Waals surface area contributed by atoms with E-state index < -0.39 is 0 Å². The summed E-state index contributed by atoms with van der Waals surface area (Å²) in [5.41, 5.74) is 2.61. The Labute approximate surface area is 187 Å². The van der Waals surface area contributed by atoms with Crippen molar-refractivity contribution in [2.75, 3.05) is 0 Å². The summed E-state index contributed by atoms with van der Waals surface area (Å²) in [4.78, 5) is 9.77. The van der Waals surface area contributed by atoms with Gasteiger partial charge in [-0.1, -0.05) is 46.9 Å². The van der Waals surface area contributed by atoms with Crippen LogP contribution in [0.4, 0.5) is 5.69 Å². The molecule has 0 atom stereocenters. The number of hydrogen-bond acceptors (Lipinski definition) is 3. The third-order valence-electron chi connectivity index (χ3n) is 4.43. The zero-order valence-corrected chi connectivity index (χ0v) is 18.4. The fourth-order valence-electron chi connectivity index (χ4n) is 3.02. The molecule has 0 saturated heterocycles. The molecular weight excluding hydrogens is 447 g/mol. The summed E-state index contributed by atoms with van der Waals surface area (Å²) in [6.07, 6.45) is 6.48. The minimum atomic E-state index is 0.619. The van der Waals surface area contributed by atoms with Crippen LogP contribution >= 0.6 is 46.1 Å². The highest BCUT2D eigenvalue weighted by Gasteiger charge is 2.12. The Hall–Kier alpha value is -2.05. The lowest BCUT2D eigenvalue weighted by molar-refractivity contribution is 0.559. The van der Waals surface area contributed by atoms with E-state index in [1.54, 1.807) is 23.6 Å². The number of nitrogens with zero attached hydrogens (tertiary/aromatic N) is 4. The molecule has 4 aromatic rings. The molecule has 2 heterocycles. The molecule has 0 radical (unpaired) electrons. The SMILES string of the molecule is Clc1ccc(Cl)c(-c2csc(=Nc3ccccc3Cl)n2CCCn2ccnc2)c1. The first-order valence-corrected chi connectivity index (χ1v) is 11.0. The van der Waals surface area contributed by atoms with Gasteiger partial charge in [0.15, 0.2) is 4.80 Å². The molecule has 0 fully saturated rings. The average molecular weight is 464 g/mol. The Morgan fingerprint density at radius 3 is 2.66 bits per heavy atom. The van der Waals surface area contributed by atoms with E-state index in [-0.39, 0.29) is 0 Å². The first kappa shape index (κ1) is 20.2. The van der Waals surface area contributed by atoms with Crippen molar-refractivity contribution in [3.8, 4) is 11.3 Å². The summed E-state index contributed by atoms with van der Waals surface area (Å²) in [7, 11) is 0. The molecule has 0 N–H and O–H groups in total. The van der Waals surface area contributed by atoms with E-state index in [1.165, 1.54) is 0 Å². The minimum Gasteiger partial charge on any atom is -0.337 e. The van der Waals surface area contributed by atoms with Crippen LogP contribution in [-0.4, -0.2) is 14.1 Å². The number of hydrogen-bond donors (Lipinski definition) is 0. The molecule has 2 aromatic carbocycles. The number of rotatable bonds is 6. The van der Waals surface area contributed by atoms with Gasteiger partial charge < -0.3 is 9.13 Å². The molecule has 4 rings (SSSR count). The molecule has 8 heteroatoms. The molecule has 0 amide bonds. The lowest BCUT2D eigenvalue weighted by atomic mass is 10.1. The van der Waals surface area contributed by atoms with Crippen LogP contribution in [0.1, 0.15) is 6.42 Å². The molecular formula is C21H17Cl3N4S. The molecule has 0 bridgehead atoms. The largest absolute Gasteiger partial charge is 0.337 e. The maximum Gasteiger partial charge on any atom is 0.190 e. The van der Waals surface area contributed by atoms with Crippen molar-refractivity contribution in [3.05, 3.63) is 86.4 Å². The number of benzene rings is 2. The average Bonchev–Trinajstić information content (AvgIpc) is 3.36. The Bertz CT molecular complexity index is 1180. The van der Waals surface area contributed by atoms with E-state index in [2.05, 4.69) is 19.5 Å². The van der Waals surface area contributed by atoms with E-state index in [0.717, 1.165) is 41.3 Å². The van der Waals surface area contributed by atoms with Gasteiger partial charge in [-0.15, -0.1) is 11.3 Å². The zero-order chi connectivity index (χ0) is 20.2. The first-order valence-electron chi connectivity index (χ1n) is 9.00. The molecule has 0 aliphatic carbocycles. The third-order valence-corrected chi connectivity index (χ3v) is 6.18. The third kappa shape index (κ3) is 4.75. The molecule has 0 aliphatic heterocycles. The summed E-state index contributed by atoms with van der Waals surface area (Å²) in [6.45, 7) is 1.63. The maximum absolute atomic E-state index is 6.48. The Balaban J connectivity index is 1.76. The van der Waals surface area contributed by atoms with Crippen LogP contribution in [0.5, 0.6) is 0 Å². The summed E-state index contributed by atoms with van der Waals surface area (Å²) in [6, 6.07) is 13.1. The van der Waals surface area contributed by atoms with Gasteiger partial charge in [0.2, 0.25) is 0 Å². The number of halogens is 3. The van der Waals surface area contributed by atoms with Gasteiger partial charge in [0.05, 0.1) is 27.8 Å². The lowest BCUT2D eigenvalue weighted by Gasteiger charge is -2.11. The number of thiazole rings is 1. The summed E-state index contributed by atoms with van der Waals surface area (Å²) < 4.78 is 4.23. The summed E-state index contributed by atoms with van der Waals surface area (Å²) in [5.74, 6) is 0. The standard InChI is InChI=1S/C21H17Cl3N4S/c22-15-6-7-17(23)16(12-15)20-13-29-21(26-19-5-2-1-4-18(19)24)28(20)10-3-9-27-11-8-25-14-27/h1-2,4-8,11-14H,3,9-10H2. The molecule has 0 spiro atoms. The van der Waals surface area contributed by atoms with Crippen molar-refractivity contribution in [2.45, 2.75) is 19.5 Å². The number of aromatic nitrogens is 3. The fourth-order valence-corrected chi connectivity index (χ4v) is 4.52. The van der Waals surface area contributed by atoms with Crippen molar-refractivity contribution in [1.82, 2.24) is 14.1 Å². The van der Waals surface area contributed by atoms with Gasteiger partial charge in [0, 0.05) is 41.4 Å². The van der Waals surface area contributed by atoms with Crippen LogP contribution in [0.3, 0.4) is 0 Å². The Kier molecular flexibility index (Phi) is 6.40. The minimum absolute atomic E-state index is 0.619. The molecule has 148 valence electrons. The summed E-state index contributed by atoms with van der Waals surface area (Å²) in [5, 5.41) is 3.97. The second-order valence-electron chi connectivity index (χ2n) is 6.40. The quantitative estimate of drug-likeness (QED) is 0.313. The molecule has 0 saturated carbocycles. The zero-order valence-electron chi connectivity index (χ0n) is 15.3. The maximum atomic E-state index is 6.48. The fraction of sp³-hybridized carbons (Fsp3) is 0.143. The van der Waals surface area contributed by atoms with Crippen molar-refractivity contribution in [1.29, 1.82) is 0 Å². The highest BCUT2D eigenvalue weighted by atomic mass is 35.5.